The first kappa shape index (κ1) is 15.0. The Morgan fingerprint density at radius 2 is 2.06 bits per heavy atom. The highest BCUT2D eigenvalue weighted by molar-refractivity contribution is 9.09. The number of alkyl halides is 1. The van der Waals surface area contributed by atoms with Crippen LogP contribution in [0.15, 0.2) is 30.3 Å². The third-order valence-electron chi connectivity index (χ3n) is 3.01. The van der Waals surface area contributed by atoms with Crippen LogP contribution in [0.4, 0.5) is 5.69 Å². The summed E-state index contributed by atoms with van der Waals surface area (Å²) in [5, 5.41) is 9.80. The normalized spacial score (nSPS) is 11.8. The highest BCUT2D eigenvalue weighted by Crippen LogP contribution is 2.19. The molecule has 1 unspecified atom stereocenters. The van der Waals surface area contributed by atoms with Crippen molar-refractivity contribution in [3.8, 4) is 6.07 Å². The Hall–Kier alpha value is -1.01. The van der Waals surface area contributed by atoms with Gasteiger partial charge in [0.15, 0.2) is 0 Å². The lowest BCUT2D eigenvalue weighted by atomic mass is 10.1. The maximum Gasteiger partial charge on any atom is 0.0640 e. The number of anilines is 1. The van der Waals surface area contributed by atoms with Gasteiger partial charge in [0.1, 0.15) is 0 Å². The number of nitrogens with zero attached hydrogens (tertiary/aromatic N) is 2. The fraction of sp³-hybridized carbons (Fsp3) is 0.533. The molecule has 3 heteroatoms. The van der Waals surface area contributed by atoms with E-state index in [-0.39, 0.29) is 0 Å². The smallest absolute Gasteiger partial charge is 0.0640 e. The molecule has 2 nitrogen and oxygen atoms in total. The number of para-hydroxylation sites is 1. The van der Waals surface area contributed by atoms with Crippen molar-refractivity contribution in [1.29, 1.82) is 5.26 Å². The molecule has 0 radical (unpaired) electrons. The average molecular weight is 309 g/mol. The summed E-state index contributed by atoms with van der Waals surface area (Å²) < 4.78 is 0. The monoisotopic (exact) mass is 308 g/mol. The van der Waals surface area contributed by atoms with Crippen LogP contribution < -0.4 is 4.90 Å². The Labute approximate surface area is 119 Å². The molecular formula is C15H21BrN2. The quantitative estimate of drug-likeness (QED) is 0.672. The van der Waals surface area contributed by atoms with E-state index in [2.05, 4.69) is 58.1 Å². The SMILES string of the molecule is CCCC(CBr)CN(CCC#N)c1ccccc1. The van der Waals surface area contributed by atoms with E-state index in [1.54, 1.807) is 0 Å². The summed E-state index contributed by atoms with van der Waals surface area (Å²) in [5.41, 5.74) is 1.22. The van der Waals surface area contributed by atoms with Crippen molar-refractivity contribution < 1.29 is 0 Å². The molecule has 0 fully saturated rings. The van der Waals surface area contributed by atoms with Gasteiger partial charge in [-0.25, -0.2) is 0 Å². The van der Waals surface area contributed by atoms with E-state index in [9.17, 15) is 0 Å². The highest BCUT2D eigenvalue weighted by Gasteiger charge is 2.13. The molecule has 0 amide bonds. The molecule has 0 aliphatic carbocycles. The van der Waals surface area contributed by atoms with Crippen LogP contribution in [0.5, 0.6) is 0 Å². The van der Waals surface area contributed by atoms with Gasteiger partial charge in [0.05, 0.1) is 12.5 Å². The third-order valence-corrected chi connectivity index (χ3v) is 3.92. The van der Waals surface area contributed by atoms with Crippen molar-refractivity contribution in [2.45, 2.75) is 26.2 Å². The van der Waals surface area contributed by atoms with Gasteiger partial charge in [-0.15, -0.1) is 0 Å². The Bertz CT molecular complexity index is 359. The van der Waals surface area contributed by atoms with E-state index >= 15 is 0 Å². The molecule has 0 saturated carbocycles. The second-order valence-corrected chi connectivity index (χ2v) is 5.15. The van der Waals surface area contributed by atoms with Gasteiger partial charge in [-0.05, 0) is 24.5 Å². The van der Waals surface area contributed by atoms with Crippen molar-refractivity contribution in [3.63, 3.8) is 0 Å². The predicted octanol–water partition coefficient (Wildman–Crippen LogP) is 4.22. The Morgan fingerprint density at radius 1 is 1.33 bits per heavy atom. The Balaban J connectivity index is 2.69. The zero-order valence-corrected chi connectivity index (χ0v) is 12.6. The van der Waals surface area contributed by atoms with Gasteiger partial charge in [-0.1, -0.05) is 47.5 Å². The fourth-order valence-corrected chi connectivity index (χ4v) is 2.62. The van der Waals surface area contributed by atoms with Crippen molar-refractivity contribution in [3.05, 3.63) is 30.3 Å². The molecule has 0 aliphatic rings. The third kappa shape index (κ3) is 5.10. The van der Waals surface area contributed by atoms with Crippen LogP contribution in [0.2, 0.25) is 0 Å². The largest absolute Gasteiger partial charge is 0.370 e. The number of benzene rings is 1. The molecule has 1 aromatic carbocycles. The summed E-state index contributed by atoms with van der Waals surface area (Å²) in [4.78, 5) is 2.32. The van der Waals surface area contributed by atoms with Crippen LogP contribution in [0.25, 0.3) is 0 Å². The molecule has 0 bridgehead atoms. The Kier molecular flexibility index (Phi) is 7.52. The molecule has 0 N–H and O–H groups in total. The standard InChI is InChI=1S/C15H21BrN2/c1-2-7-14(12-16)13-18(11-6-10-17)15-8-4-3-5-9-15/h3-5,8-9,14H,2,6-7,11-13H2,1H3. The molecular weight excluding hydrogens is 288 g/mol. The van der Waals surface area contributed by atoms with Gasteiger partial charge in [-0.2, -0.15) is 5.26 Å². The number of rotatable bonds is 8. The van der Waals surface area contributed by atoms with Gasteiger partial charge in [0.25, 0.3) is 0 Å². The first-order chi connectivity index (χ1) is 8.81. The average Bonchev–Trinajstić information content (AvgIpc) is 2.43. The summed E-state index contributed by atoms with van der Waals surface area (Å²) in [7, 11) is 0. The first-order valence-corrected chi connectivity index (χ1v) is 7.66. The van der Waals surface area contributed by atoms with E-state index in [4.69, 9.17) is 5.26 Å². The van der Waals surface area contributed by atoms with Crippen molar-refractivity contribution in [2.24, 2.45) is 5.92 Å². The van der Waals surface area contributed by atoms with Crippen molar-refractivity contribution in [1.82, 2.24) is 0 Å². The minimum Gasteiger partial charge on any atom is -0.370 e. The maximum atomic E-state index is 8.77. The van der Waals surface area contributed by atoms with Crippen LogP contribution in [-0.2, 0) is 0 Å². The lowest BCUT2D eigenvalue weighted by molar-refractivity contribution is 0.523. The van der Waals surface area contributed by atoms with Crippen LogP contribution in [0.1, 0.15) is 26.2 Å². The van der Waals surface area contributed by atoms with Crippen molar-refractivity contribution >= 4 is 21.6 Å². The summed E-state index contributed by atoms with van der Waals surface area (Å²) in [6.07, 6.45) is 3.01. The molecule has 1 aromatic rings. The number of nitriles is 1. The topological polar surface area (TPSA) is 27.0 Å². The van der Waals surface area contributed by atoms with E-state index in [1.807, 2.05) is 6.07 Å². The predicted molar refractivity (Wildman–Crippen MR) is 81.1 cm³/mol. The van der Waals surface area contributed by atoms with Gasteiger partial charge >= 0.3 is 0 Å². The van der Waals surface area contributed by atoms with Gasteiger partial charge < -0.3 is 4.90 Å². The van der Waals surface area contributed by atoms with E-state index < -0.39 is 0 Å². The molecule has 0 aromatic heterocycles. The minimum absolute atomic E-state index is 0.579. The lowest BCUT2D eigenvalue weighted by Gasteiger charge is -2.28. The number of hydrogen-bond donors (Lipinski definition) is 0. The van der Waals surface area contributed by atoms with Gasteiger partial charge in [-0.3, -0.25) is 0 Å². The van der Waals surface area contributed by atoms with E-state index in [1.165, 1.54) is 18.5 Å². The molecule has 18 heavy (non-hydrogen) atoms. The highest BCUT2D eigenvalue weighted by atomic mass is 79.9. The maximum absolute atomic E-state index is 8.77. The molecule has 0 heterocycles. The Morgan fingerprint density at radius 3 is 2.61 bits per heavy atom. The first-order valence-electron chi connectivity index (χ1n) is 6.54. The van der Waals surface area contributed by atoms with E-state index in [0.717, 1.165) is 18.4 Å². The van der Waals surface area contributed by atoms with Crippen LogP contribution in [0.3, 0.4) is 0 Å². The van der Waals surface area contributed by atoms with Crippen molar-refractivity contribution in [2.75, 3.05) is 23.3 Å². The van der Waals surface area contributed by atoms with Gasteiger partial charge in [0, 0.05) is 24.1 Å². The zero-order valence-electron chi connectivity index (χ0n) is 11.0. The molecule has 0 spiro atoms. The second kappa shape index (κ2) is 8.99. The number of hydrogen-bond acceptors (Lipinski definition) is 2. The minimum atomic E-state index is 0.579. The summed E-state index contributed by atoms with van der Waals surface area (Å²) in [6, 6.07) is 12.6. The molecule has 0 aliphatic heterocycles. The molecule has 1 atom stereocenters. The lowest BCUT2D eigenvalue weighted by Crippen LogP contribution is -2.31. The zero-order chi connectivity index (χ0) is 13.2. The summed E-state index contributed by atoms with van der Waals surface area (Å²) >= 11 is 3.59. The van der Waals surface area contributed by atoms with Crippen LogP contribution in [0, 0.1) is 17.2 Å². The van der Waals surface area contributed by atoms with Crippen LogP contribution >= 0.6 is 15.9 Å². The number of halogens is 1. The van der Waals surface area contributed by atoms with Gasteiger partial charge in [0.2, 0.25) is 0 Å². The second-order valence-electron chi connectivity index (χ2n) is 4.50. The molecule has 98 valence electrons. The fourth-order valence-electron chi connectivity index (χ4n) is 2.09. The molecule has 1 rings (SSSR count). The summed E-state index contributed by atoms with van der Waals surface area (Å²) in [5.74, 6) is 0.647. The molecule has 0 saturated heterocycles. The summed E-state index contributed by atoms with van der Waals surface area (Å²) in [6.45, 7) is 4.05. The van der Waals surface area contributed by atoms with E-state index in [0.29, 0.717) is 12.3 Å². The van der Waals surface area contributed by atoms with Crippen LogP contribution in [-0.4, -0.2) is 18.4 Å².